The maximum atomic E-state index is 5.72. The summed E-state index contributed by atoms with van der Waals surface area (Å²) in [5.74, 6) is 0. The zero-order valence-electron chi connectivity index (χ0n) is 13.7. The van der Waals surface area contributed by atoms with Crippen LogP contribution in [-0.4, -0.2) is 19.4 Å². The fraction of sp³-hybridized carbons (Fsp3) is 1.00. The van der Waals surface area contributed by atoms with Crippen LogP contribution in [0.3, 0.4) is 0 Å². The third-order valence-corrected chi connectivity index (χ3v) is 3.78. The fourth-order valence-electron chi connectivity index (χ4n) is 2.43. The standard InChI is InChI=1S/C17H38N2O/c1-2-3-4-5-6-7-8-9-10-11-12-13-16-20-17(19)14-15-18/h17H,2-16,18-19H2,1H3. The summed E-state index contributed by atoms with van der Waals surface area (Å²) in [6.07, 6.45) is 17.1. The van der Waals surface area contributed by atoms with E-state index in [0.29, 0.717) is 6.54 Å². The highest BCUT2D eigenvalue weighted by Crippen LogP contribution is 2.11. The minimum atomic E-state index is -0.160. The van der Waals surface area contributed by atoms with Gasteiger partial charge < -0.3 is 16.2 Å². The molecule has 4 N–H and O–H groups in total. The number of hydrogen-bond donors (Lipinski definition) is 2. The minimum Gasteiger partial charge on any atom is -0.364 e. The number of rotatable bonds is 16. The first kappa shape index (κ1) is 19.9. The Morgan fingerprint density at radius 1 is 0.750 bits per heavy atom. The Kier molecular flexibility index (Phi) is 16.8. The molecular weight excluding hydrogens is 248 g/mol. The van der Waals surface area contributed by atoms with E-state index in [-0.39, 0.29) is 6.23 Å². The van der Waals surface area contributed by atoms with Crippen LogP contribution in [0.25, 0.3) is 0 Å². The third-order valence-electron chi connectivity index (χ3n) is 3.78. The molecule has 0 aromatic carbocycles. The average Bonchev–Trinajstić information content (AvgIpc) is 2.44. The molecule has 0 saturated heterocycles. The molecule has 20 heavy (non-hydrogen) atoms. The van der Waals surface area contributed by atoms with E-state index >= 15 is 0 Å². The topological polar surface area (TPSA) is 61.3 Å². The third kappa shape index (κ3) is 15.9. The lowest BCUT2D eigenvalue weighted by Crippen LogP contribution is -2.27. The Labute approximate surface area is 126 Å². The van der Waals surface area contributed by atoms with Crippen molar-refractivity contribution in [1.82, 2.24) is 0 Å². The molecule has 0 aliphatic carbocycles. The van der Waals surface area contributed by atoms with Crippen LogP contribution in [0.2, 0.25) is 0 Å². The molecule has 0 heterocycles. The van der Waals surface area contributed by atoms with Crippen LogP contribution < -0.4 is 11.5 Å². The molecule has 0 aromatic rings. The van der Waals surface area contributed by atoms with Crippen molar-refractivity contribution in [2.24, 2.45) is 11.5 Å². The summed E-state index contributed by atoms with van der Waals surface area (Å²) >= 11 is 0. The fourth-order valence-corrected chi connectivity index (χ4v) is 2.43. The Morgan fingerprint density at radius 3 is 1.65 bits per heavy atom. The summed E-state index contributed by atoms with van der Waals surface area (Å²) in [7, 11) is 0. The predicted octanol–water partition coefficient (Wildman–Crippen LogP) is 4.34. The van der Waals surface area contributed by atoms with Crippen LogP contribution >= 0.6 is 0 Å². The second kappa shape index (κ2) is 16.9. The van der Waals surface area contributed by atoms with E-state index in [2.05, 4.69) is 6.92 Å². The summed E-state index contributed by atoms with van der Waals surface area (Å²) < 4.78 is 5.47. The number of nitrogens with two attached hydrogens (primary N) is 2. The van der Waals surface area contributed by atoms with Crippen LogP contribution in [0, 0.1) is 0 Å². The van der Waals surface area contributed by atoms with Crippen LogP contribution in [0.15, 0.2) is 0 Å². The van der Waals surface area contributed by atoms with Gasteiger partial charge in [0.2, 0.25) is 0 Å². The predicted molar refractivity (Wildman–Crippen MR) is 88.7 cm³/mol. The second-order valence-corrected chi connectivity index (χ2v) is 5.88. The second-order valence-electron chi connectivity index (χ2n) is 5.88. The lowest BCUT2D eigenvalue weighted by Gasteiger charge is -2.11. The zero-order valence-corrected chi connectivity index (χ0v) is 13.7. The number of hydrogen-bond acceptors (Lipinski definition) is 3. The summed E-state index contributed by atoms with van der Waals surface area (Å²) in [5.41, 5.74) is 11.1. The van der Waals surface area contributed by atoms with Gasteiger partial charge in [0.25, 0.3) is 0 Å². The van der Waals surface area contributed by atoms with Gasteiger partial charge in [-0.3, -0.25) is 0 Å². The molecule has 0 bridgehead atoms. The van der Waals surface area contributed by atoms with Crippen LogP contribution in [-0.2, 0) is 4.74 Å². The molecule has 1 atom stereocenters. The molecule has 0 radical (unpaired) electrons. The van der Waals surface area contributed by atoms with Gasteiger partial charge in [-0.15, -0.1) is 0 Å². The molecule has 0 spiro atoms. The largest absolute Gasteiger partial charge is 0.364 e. The van der Waals surface area contributed by atoms with Gasteiger partial charge in [0.15, 0.2) is 0 Å². The van der Waals surface area contributed by atoms with Gasteiger partial charge in [-0.1, -0.05) is 77.6 Å². The van der Waals surface area contributed by atoms with E-state index < -0.39 is 0 Å². The van der Waals surface area contributed by atoms with Crippen molar-refractivity contribution in [2.75, 3.05) is 13.2 Å². The van der Waals surface area contributed by atoms with E-state index in [1.165, 1.54) is 70.6 Å². The molecule has 0 saturated carbocycles. The molecule has 0 aliphatic heterocycles. The Balaban J connectivity index is 2.99. The van der Waals surface area contributed by atoms with Crippen molar-refractivity contribution < 1.29 is 4.74 Å². The van der Waals surface area contributed by atoms with Crippen molar-refractivity contribution in [3.63, 3.8) is 0 Å². The molecule has 0 aliphatic rings. The van der Waals surface area contributed by atoms with Gasteiger partial charge in [-0.2, -0.15) is 0 Å². The highest BCUT2D eigenvalue weighted by Gasteiger charge is 1.99. The van der Waals surface area contributed by atoms with Crippen LogP contribution in [0.5, 0.6) is 0 Å². The van der Waals surface area contributed by atoms with Crippen molar-refractivity contribution >= 4 is 0 Å². The lowest BCUT2D eigenvalue weighted by atomic mass is 10.1. The maximum Gasteiger partial charge on any atom is 0.106 e. The Bertz CT molecular complexity index is 176. The van der Waals surface area contributed by atoms with Crippen molar-refractivity contribution in [2.45, 2.75) is 96.6 Å². The molecule has 0 rings (SSSR count). The SMILES string of the molecule is CCCCCCCCCCCCCCOC(N)CCN. The summed E-state index contributed by atoms with van der Waals surface area (Å²) in [6.45, 7) is 3.68. The first-order chi connectivity index (χ1) is 9.81. The van der Waals surface area contributed by atoms with Gasteiger partial charge >= 0.3 is 0 Å². The maximum absolute atomic E-state index is 5.72. The van der Waals surface area contributed by atoms with E-state index in [4.69, 9.17) is 16.2 Å². The minimum absolute atomic E-state index is 0.160. The van der Waals surface area contributed by atoms with Crippen LogP contribution in [0.1, 0.15) is 90.4 Å². The number of ether oxygens (including phenoxy) is 1. The molecule has 122 valence electrons. The highest BCUT2D eigenvalue weighted by molar-refractivity contribution is 4.50. The molecule has 3 heteroatoms. The van der Waals surface area contributed by atoms with Gasteiger partial charge in [-0.05, 0) is 19.4 Å². The van der Waals surface area contributed by atoms with Crippen molar-refractivity contribution in [3.05, 3.63) is 0 Å². The Hall–Kier alpha value is -0.120. The van der Waals surface area contributed by atoms with Crippen molar-refractivity contribution in [1.29, 1.82) is 0 Å². The highest BCUT2D eigenvalue weighted by atomic mass is 16.5. The van der Waals surface area contributed by atoms with E-state index in [9.17, 15) is 0 Å². The quantitative estimate of drug-likeness (QED) is 0.328. The molecule has 0 amide bonds. The molecule has 3 nitrogen and oxygen atoms in total. The normalized spacial score (nSPS) is 12.8. The monoisotopic (exact) mass is 286 g/mol. The first-order valence-corrected chi connectivity index (χ1v) is 8.88. The molecule has 1 unspecified atom stereocenters. The summed E-state index contributed by atoms with van der Waals surface area (Å²) in [6, 6.07) is 0. The molecule has 0 aromatic heterocycles. The lowest BCUT2D eigenvalue weighted by molar-refractivity contribution is 0.0509. The van der Waals surface area contributed by atoms with Crippen LogP contribution in [0.4, 0.5) is 0 Å². The van der Waals surface area contributed by atoms with E-state index in [1.54, 1.807) is 0 Å². The first-order valence-electron chi connectivity index (χ1n) is 8.88. The van der Waals surface area contributed by atoms with Gasteiger partial charge in [0.1, 0.15) is 6.23 Å². The van der Waals surface area contributed by atoms with Gasteiger partial charge in [0.05, 0.1) is 0 Å². The van der Waals surface area contributed by atoms with Gasteiger partial charge in [0, 0.05) is 6.61 Å². The summed E-state index contributed by atoms with van der Waals surface area (Å²) in [4.78, 5) is 0. The van der Waals surface area contributed by atoms with E-state index in [1.807, 2.05) is 0 Å². The zero-order chi connectivity index (χ0) is 14.9. The molecular formula is C17H38N2O. The van der Waals surface area contributed by atoms with E-state index in [0.717, 1.165) is 19.4 Å². The smallest absolute Gasteiger partial charge is 0.106 e. The molecule has 0 fully saturated rings. The average molecular weight is 287 g/mol. The van der Waals surface area contributed by atoms with Crippen molar-refractivity contribution in [3.8, 4) is 0 Å². The Morgan fingerprint density at radius 2 is 1.20 bits per heavy atom. The number of unbranched alkanes of at least 4 members (excludes halogenated alkanes) is 11. The summed E-state index contributed by atoms with van der Waals surface area (Å²) in [5, 5.41) is 0. The van der Waals surface area contributed by atoms with Gasteiger partial charge in [-0.25, -0.2) is 0 Å².